The second-order valence-electron chi connectivity index (χ2n) is 8.32. The number of anilines is 1. The van der Waals surface area contributed by atoms with Gasteiger partial charge in [-0.2, -0.15) is 4.31 Å². The molecule has 0 bridgehead atoms. The molecule has 8 nitrogen and oxygen atoms in total. The zero-order valence-corrected chi connectivity index (χ0v) is 19.3. The molecule has 4 rings (SSSR count). The third-order valence-corrected chi connectivity index (χ3v) is 7.72. The van der Waals surface area contributed by atoms with Crippen molar-refractivity contribution < 1.29 is 22.4 Å². The van der Waals surface area contributed by atoms with Crippen LogP contribution >= 0.6 is 0 Å². The van der Waals surface area contributed by atoms with Gasteiger partial charge < -0.3 is 14.5 Å². The van der Waals surface area contributed by atoms with Gasteiger partial charge in [0.15, 0.2) is 0 Å². The number of rotatable bonds is 10. The molecule has 1 aromatic carbocycles. The molecule has 0 spiro atoms. The van der Waals surface area contributed by atoms with Crippen molar-refractivity contribution in [3.05, 3.63) is 42.4 Å². The lowest BCUT2D eigenvalue weighted by atomic mass is 10.2. The first-order valence-electron chi connectivity index (χ1n) is 11.3. The smallest absolute Gasteiger partial charge is 0.243 e. The highest BCUT2D eigenvalue weighted by Gasteiger charge is 2.31. The number of carbonyl (C=O) groups is 1. The van der Waals surface area contributed by atoms with Crippen LogP contribution in [0.3, 0.4) is 0 Å². The second kappa shape index (κ2) is 10.1. The zero-order valence-electron chi connectivity index (χ0n) is 18.5. The molecule has 32 heavy (non-hydrogen) atoms. The average molecular weight is 462 g/mol. The highest BCUT2D eigenvalue weighted by molar-refractivity contribution is 7.89. The van der Waals surface area contributed by atoms with Crippen LogP contribution in [-0.4, -0.2) is 55.8 Å². The van der Waals surface area contributed by atoms with E-state index in [9.17, 15) is 13.2 Å². The van der Waals surface area contributed by atoms with Gasteiger partial charge >= 0.3 is 0 Å². The van der Waals surface area contributed by atoms with Gasteiger partial charge in [0.2, 0.25) is 15.9 Å². The van der Waals surface area contributed by atoms with Gasteiger partial charge in [-0.3, -0.25) is 9.69 Å². The number of furan rings is 1. The highest BCUT2D eigenvalue weighted by Crippen LogP contribution is 2.31. The van der Waals surface area contributed by atoms with Crippen LogP contribution in [0.25, 0.3) is 0 Å². The first kappa shape index (κ1) is 22.8. The van der Waals surface area contributed by atoms with E-state index in [1.807, 2.05) is 19.1 Å². The molecule has 0 atom stereocenters. The lowest BCUT2D eigenvalue weighted by Gasteiger charge is -2.26. The topological polar surface area (TPSA) is 92.1 Å². The summed E-state index contributed by atoms with van der Waals surface area (Å²) in [6.45, 7) is 4.07. The first-order chi connectivity index (χ1) is 15.5. The molecule has 0 unspecified atom stereocenters. The predicted octanol–water partition coefficient (Wildman–Crippen LogP) is 3.46. The van der Waals surface area contributed by atoms with Crippen molar-refractivity contribution in [3.63, 3.8) is 0 Å². The van der Waals surface area contributed by atoms with E-state index in [4.69, 9.17) is 9.15 Å². The van der Waals surface area contributed by atoms with Crippen molar-refractivity contribution in [2.75, 3.05) is 31.6 Å². The average Bonchev–Trinajstić information content (AvgIpc) is 3.52. The maximum Gasteiger partial charge on any atom is 0.243 e. The summed E-state index contributed by atoms with van der Waals surface area (Å²) in [7, 11) is -3.61. The fourth-order valence-electron chi connectivity index (χ4n) is 4.03. The predicted molar refractivity (Wildman–Crippen MR) is 121 cm³/mol. The molecule has 2 fully saturated rings. The first-order valence-corrected chi connectivity index (χ1v) is 12.7. The third-order valence-electron chi connectivity index (χ3n) is 5.83. The Labute approximate surface area is 189 Å². The number of hydrogen-bond acceptors (Lipinski definition) is 6. The Kier molecular flexibility index (Phi) is 7.17. The highest BCUT2D eigenvalue weighted by atomic mass is 32.2. The van der Waals surface area contributed by atoms with E-state index in [2.05, 4.69) is 10.2 Å². The Morgan fingerprint density at radius 2 is 2.00 bits per heavy atom. The van der Waals surface area contributed by atoms with Gasteiger partial charge in [-0.1, -0.05) is 6.42 Å². The molecule has 1 aromatic heterocycles. The number of hydrogen-bond donors (Lipinski definition) is 1. The summed E-state index contributed by atoms with van der Waals surface area (Å²) >= 11 is 0. The number of sulfonamides is 1. The number of benzene rings is 1. The number of amides is 1. The molecule has 174 valence electrons. The molecule has 1 saturated carbocycles. The van der Waals surface area contributed by atoms with Gasteiger partial charge in [0.25, 0.3) is 0 Å². The van der Waals surface area contributed by atoms with E-state index in [0.717, 1.165) is 37.9 Å². The van der Waals surface area contributed by atoms with Gasteiger partial charge in [0.1, 0.15) is 11.5 Å². The molecule has 2 aromatic rings. The minimum atomic E-state index is -3.61. The van der Waals surface area contributed by atoms with E-state index in [1.54, 1.807) is 18.4 Å². The van der Waals surface area contributed by atoms with E-state index in [-0.39, 0.29) is 17.3 Å². The summed E-state index contributed by atoms with van der Waals surface area (Å²) in [5.41, 5.74) is 0.378. The van der Waals surface area contributed by atoms with E-state index in [1.165, 1.54) is 10.4 Å². The van der Waals surface area contributed by atoms with Gasteiger partial charge in [-0.15, -0.1) is 0 Å². The molecule has 2 aliphatic rings. The van der Waals surface area contributed by atoms with Crippen molar-refractivity contribution in [2.24, 2.45) is 0 Å². The Morgan fingerprint density at radius 3 is 2.66 bits per heavy atom. The molecule has 1 amide bonds. The molecule has 1 saturated heterocycles. The van der Waals surface area contributed by atoms with Crippen molar-refractivity contribution >= 4 is 21.6 Å². The summed E-state index contributed by atoms with van der Waals surface area (Å²) in [4.78, 5) is 15.2. The van der Waals surface area contributed by atoms with Crippen LogP contribution in [0, 0.1) is 0 Å². The van der Waals surface area contributed by atoms with Gasteiger partial charge in [-0.25, -0.2) is 8.42 Å². The molecule has 0 radical (unpaired) electrons. The summed E-state index contributed by atoms with van der Waals surface area (Å²) in [6.07, 6.45) is 6.53. The molecule has 1 N–H and O–H groups in total. The molecular weight excluding hydrogens is 430 g/mol. The van der Waals surface area contributed by atoms with Crippen molar-refractivity contribution in [1.82, 2.24) is 9.21 Å². The molecular formula is C23H31N3O5S. The molecule has 1 aliphatic carbocycles. The standard InChI is InChI=1S/C23H31N3O5S/c1-2-30-22-11-10-20(32(28,29)26-12-4-3-5-13-26)15-21(22)24-23(27)17-25(18-8-9-18)16-19-7-6-14-31-19/h6-7,10-11,14-15,18H,2-5,8-9,12-13,16-17H2,1H3,(H,24,27). The number of nitrogens with zero attached hydrogens (tertiary/aromatic N) is 2. The van der Waals surface area contributed by atoms with E-state index < -0.39 is 10.0 Å². The minimum absolute atomic E-state index is 0.174. The van der Waals surface area contributed by atoms with E-state index in [0.29, 0.717) is 43.7 Å². The van der Waals surface area contributed by atoms with Crippen molar-refractivity contribution in [3.8, 4) is 5.75 Å². The molecule has 2 heterocycles. The fraction of sp³-hybridized carbons (Fsp3) is 0.522. The Balaban J connectivity index is 1.50. The lowest BCUT2D eigenvalue weighted by Crippen LogP contribution is -2.36. The van der Waals surface area contributed by atoms with E-state index >= 15 is 0 Å². The Morgan fingerprint density at radius 1 is 1.22 bits per heavy atom. The zero-order chi connectivity index (χ0) is 22.6. The largest absolute Gasteiger partial charge is 0.492 e. The van der Waals surface area contributed by atoms with Gasteiger partial charge in [-0.05, 0) is 62.9 Å². The number of piperidine rings is 1. The summed E-state index contributed by atoms with van der Waals surface area (Å²) in [5, 5.41) is 2.88. The summed E-state index contributed by atoms with van der Waals surface area (Å²) in [6, 6.07) is 8.79. The van der Waals surface area contributed by atoms with Crippen LogP contribution in [0.1, 0.15) is 44.8 Å². The number of carbonyl (C=O) groups excluding carboxylic acids is 1. The quantitative estimate of drug-likeness (QED) is 0.583. The SMILES string of the molecule is CCOc1ccc(S(=O)(=O)N2CCCCC2)cc1NC(=O)CN(Cc1ccco1)C1CC1. The van der Waals surface area contributed by atoms with Crippen molar-refractivity contribution in [1.29, 1.82) is 0 Å². The Hall–Kier alpha value is -2.36. The fourth-order valence-corrected chi connectivity index (χ4v) is 5.58. The van der Waals surface area contributed by atoms with Gasteiger partial charge in [0.05, 0.1) is 36.5 Å². The monoisotopic (exact) mass is 461 g/mol. The van der Waals surface area contributed by atoms with Crippen LogP contribution in [0.5, 0.6) is 5.75 Å². The Bertz CT molecular complexity index is 1010. The third kappa shape index (κ3) is 5.51. The number of nitrogens with one attached hydrogen (secondary N) is 1. The maximum absolute atomic E-state index is 13.1. The lowest BCUT2D eigenvalue weighted by molar-refractivity contribution is -0.117. The summed E-state index contributed by atoms with van der Waals surface area (Å²) in [5.74, 6) is 1.06. The molecule has 1 aliphatic heterocycles. The van der Waals surface area contributed by atoms with Crippen molar-refractivity contribution in [2.45, 2.75) is 56.5 Å². The summed E-state index contributed by atoms with van der Waals surface area (Å²) < 4.78 is 38.8. The van der Waals surface area contributed by atoms with Crippen LogP contribution < -0.4 is 10.1 Å². The second-order valence-corrected chi connectivity index (χ2v) is 10.3. The minimum Gasteiger partial charge on any atom is -0.492 e. The van der Waals surface area contributed by atoms with Gasteiger partial charge in [0, 0.05) is 19.1 Å². The van der Waals surface area contributed by atoms with Crippen LogP contribution in [0.2, 0.25) is 0 Å². The van der Waals surface area contributed by atoms with Crippen LogP contribution in [0.4, 0.5) is 5.69 Å². The number of ether oxygens (including phenoxy) is 1. The van der Waals surface area contributed by atoms with Crippen LogP contribution in [0.15, 0.2) is 45.9 Å². The maximum atomic E-state index is 13.1. The molecule has 9 heteroatoms. The van der Waals surface area contributed by atoms with Crippen LogP contribution in [-0.2, 0) is 21.4 Å². The normalized spacial score (nSPS) is 17.4.